The van der Waals surface area contributed by atoms with Crippen molar-refractivity contribution in [2.45, 2.75) is 5.54 Å². The van der Waals surface area contributed by atoms with Crippen molar-refractivity contribution in [3.05, 3.63) is 12.7 Å². The molecule has 0 aromatic heterocycles. The monoisotopic (exact) mass is 250 g/mol. The van der Waals surface area contributed by atoms with Crippen LogP contribution in [0, 0.1) is 0 Å². The zero-order valence-corrected chi connectivity index (χ0v) is 9.30. The van der Waals surface area contributed by atoms with Crippen LogP contribution in [0.25, 0.3) is 0 Å². The minimum atomic E-state index is -1.31. The summed E-state index contributed by atoms with van der Waals surface area (Å²) in [4.78, 5) is 19.6. The lowest BCUT2D eigenvalue weighted by atomic mass is 10.0. The first-order valence-corrected chi connectivity index (χ1v) is 4.58. The Hall–Kier alpha value is -1.48. The van der Waals surface area contributed by atoms with E-state index in [1.807, 2.05) is 0 Å². The highest BCUT2D eigenvalue weighted by Gasteiger charge is 2.27. The van der Waals surface area contributed by atoms with E-state index < -0.39 is 43.8 Å². The molecule has 8 heteroatoms. The highest BCUT2D eigenvalue weighted by atomic mass is 16.4. The minimum Gasteiger partial charge on any atom is -0.480 e. The molecule has 0 bridgehead atoms. The molecule has 0 saturated carbocycles. The number of hydrogen-bond acceptors (Lipinski definition) is 6. The van der Waals surface area contributed by atoms with Crippen LogP contribution in [-0.2, 0) is 9.59 Å². The van der Waals surface area contributed by atoms with E-state index in [2.05, 4.69) is 17.6 Å². The number of aliphatic hydroxyl groups is 3. The molecule has 0 rings (SSSR count). The maximum atomic E-state index is 10.1. The Balaban J connectivity index is 0. The largest absolute Gasteiger partial charge is 0.480 e. The van der Waals surface area contributed by atoms with E-state index in [4.69, 9.17) is 20.4 Å². The van der Waals surface area contributed by atoms with Crippen molar-refractivity contribution in [3.8, 4) is 0 Å². The van der Waals surface area contributed by atoms with Gasteiger partial charge in [-0.05, 0) is 6.08 Å². The number of carbonyl (C=O) groups is 2. The molecule has 0 spiro atoms. The lowest BCUT2D eigenvalue weighted by molar-refractivity contribution is -0.136. The van der Waals surface area contributed by atoms with Gasteiger partial charge in [-0.2, -0.15) is 0 Å². The summed E-state index contributed by atoms with van der Waals surface area (Å²) in [6, 6.07) is 0. The Kier molecular flexibility index (Phi) is 10.2. The Morgan fingerprint density at radius 1 is 1.24 bits per heavy atom. The Morgan fingerprint density at radius 3 is 1.76 bits per heavy atom. The van der Waals surface area contributed by atoms with E-state index in [1.165, 1.54) is 0 Å². The van der Waals surface area contributed by atoms with Crippen LogP contribution in [-0.4, -0.2) is 64.2 Å². The molecule has 0 aromatic rings. The van der Waals surface area contributed by atoms with Crippen LogP contribution in [0.1, 0.15) is 0 Å². The highest BCUT2D eigenvalue weighted by Crippen LogP contribution is 2.00. The summed E-state index contributed by atoms with van der Waals surface area (Å²) in [5, 5.41) is 36.7. The molecule has 0 heterocycles. The Morgan fingerprint density at radius 2 is 1.59 bits per heavy atom. The van der Waals surface area contributed by atoms with E-state index in [1.54, 1.807) is 0 Å². The Bertz CT molecular complexity index is 244. The minimum absolute atomic E-state index is 0.415. The quantitative estimate of drug-likeness (QED) is 0.264. The van der Waals surface area contributed by atoms with Gasteiger partial charge in [0.1, 0.15) is 0 Å². The lowest BCUT2D eigenvalue weighted by Crippen LogP contribution is -2.56. The molecule has 0 atom stereocenters. The van der Waals surface area contributed by atoms with Crippen LogP contribution >= 0.6 is 0 Å². The van der Waals surface area contributed by atoms with Gasteiger partial charge in [0.2, 0.25) is 5.91 Å². The smallest absolute Gasteiger partial charge is 0.317 e. The van der Waals surface area contributed by atoms with Crippen LogP contribution in [0.15, 0.2) is 12.7 Å². The fourth-order valence-corrected chi connectivity index (χ4v) is 0.581. The second kappa shape index (κ2) is 9.73. The first kappa shape index (κ1) is 17.9. The Labute approximate surface area is 98.4 Å². The summed E-state index contributed by atoms with van der Waals surface area (Å²) in [6.45, 7) is 1.11. The third kappa shape index (κ3) is 9.45. The first-order chi connectivity index (χ1) is 7.87. The number of nitrogens with one attached hydrogen (secondary N) is 1. The summed E-state index contributed by atoms with van der Waals surface area (Å²) in [5.41, 5.74) is 3.23. The van der Waals surface area contributed by atoms with Gasteiger partial charge >= 0.3 is 5.97 Å². The predicted molar refractivity (Wildman–Crippen MR) is 59.0 cm³/mol. The molecule has 100 valence electrons. The van der Waals surface area contributed by atoms with Gasteiger partial charge in [-0.1, -0.05) is 6.58 Å². The third-order valence-corrected chi connectivity index (χ3v) is 1.72. The molecule has 17 heavy (non-hydrogen) atoms. The maximum Gasteiger partial charge on any atom is 0.317 e. The van der Waals surface area contributed by atoms with Gasteiger partial charge in [0.25, 0.3) is 0 Å². The number of carboxylic acids is 1. The molecule has 0 aliphatic heterocycles. The van der Waals surface area contributed by atoms with Gasteiger partial charge in [0, 0.05) is 0 Å². The highest BCUT2D eigenvalue weighted by molar-refractivity contribution is 5.84. The summed E-state index contributed by atoms with van der Waals surface area (Å²) < 4.78 is 0. The van der Waals surface area contributed by atoms with Crippen LogP contribution in [0.3, 0.4) is 0 Å². The second-order valence-corrected chi connectivity index (χ2v) is 3.11. The van der Waals surface area contributed by atoms with E-state index >= 15 is 0 Å². The molecule has 0 unspecified atom stereocenters. The van der Waals surface area contributed by atoms with Crippen molar-refractivity contribution >= 4 is 11.9 Å². The molecule has 1 amide bonds. The van der Waals surface area contributed by atoms with Crippen LogP contribution in [0.2, 0.25) is 0 Å². The fraction of sp³-hybridized carbons (Fsp3) is 0.556. The number of nitrogens with two attached hydrogens (primary N) is 1. The first-order valence-electron chi connectivity index (χ1n) is 4.58. The number of carboxylic acid groups (broad SMARTS) is 1. The van der Waals surface area contributed by atoms with Crippen molar-refractivity contribution in [2.24, 2.45) is 5.73 Å². The zero-order valence-electron chi connectivity index (χ0n) is 9.30. The van der Waals surface area contributed by atoms with Crippen molar-refractivity contribution < 1.29 is 30.0 Å². The summed E-state index contributed by atoms with van der Waals surface area (Å²) in [5.74, 6) is -1.60. The van der Waals surface area contributed by atoms with Crippen LogP contribution in [0.5, 0.6) is 0 Å². The number of aliphatic hydroxyl groups excluding tert-OH is 3. The molecule has 8 nitrogen and oxygen atoms in total. The number of aliphatic carboxylic acids is 1. The maximum absolute atomic E-state index is 10.1. The molecule has 0 aliphatic rings. The number of rotatable bonds is 7. The number of hydrogen-bond donors (Lipinski definition) is 6. The van der Waals surface area contributed by atoms with Crippen molar-refractivity contribution in [3.63, 3.8) is 0 Å². The average Bonchev–Trinajstić information content (AvgIpc) is 2.32. The third-order valence-electron chi connectivity index (χ3n) is 1.72. The van der Waals surface area contributed by atoms with Gasteiger partial charge < -0.3 is 26.2 Å². The van der Waals surface area contributed by atoms with Gasteiger partial charge in [-0.3, -0.25) is 14.9 Å². The molecule has 0 radical (unpaired) electrons. The van der Waals surface area contributed by atoms with E-state index in [9.17, 15) is 9.59 Å². The van der Waals surface area contributed by atoms with Gasteiger partial charge in [0.05, 0.1) is 31.9 Å². The summed E-state index contributed by atoms with van der Waals surface area (Å²) >= 11 is 0. The van der Waals surface area contributed by atoms with Crippen molar-refractivity contribution in [1.29, 1.82) is 0 Å². The number of primary amides is 1. The zero-order chi connectivity index (χ0) is 13.9. The molecule has 0 fully saturated rings. The van der Waals surface area contributed by atoms with Crippen molar-refractivity contribution in [1.82, 2.24) is 5.32 Å². The number of amides is 1. The predicted octanol–water partition coefficient (Wildman–Crippen LogP) is -2.97. The van der Waals surface area contributed by atoms with E-state index in [-0.39, 0.29) is 0 Å². The van der Waals surface area contributed by atoms with Crippen LogP contribution in [0.4, 0.5) is 0 Å². The molecule has 0 aromatic carbocycles. The number of carbonyl (C=O) groups excluding carboxylic acids is 1. The normalized spacial score (nSPS) is 10.1. The molecular formula is C9H18N2O6. The van der Waals surface area contributed by atoms with Gasteiger partial charge in [0.15, 0.2) is 0 Å². The van der Waals surface area contributed by atoms with Crippen molar-refractivity contribution in [2.75, 3.05) is 26.4 Å². The molecule has 0 aliphatic carbocycles. The van der Waals surface area contributed by atoms with Gasteiger partial charge in [-0.25, -0.2) is 0 Å². The second-order valence-electron chi connectivity index (χ2n) is 3.11. The topological polar surface area (TPSA) is 153 Å². The van der Waals surface area contributed by atoms with E-state index in [0.717, 1.165) is 6.08 Å². The van der Waals surface area contributed by atoms with Gasteiger partial charge in [-0.15, -0.1) is 0 Å². The average molecular weight is 250 g/mol. The summed E-state index contributed by atoms with van der Waals surface area (Å²) in [7, 11) is 0. The fourth-order valence-electron chi connectivity index (χ4n) is 0.581. The molecule has 7 N–H and O–H groups in total. The SMILES string of the molecule is C=CC(N)=O.O=C(O)CNC(CO)(CO)CO. The lowest BCUT2D eigenvalue weighted by Gasteiger charge is -2.27. The summed E-state index contributed by atoms with van der Waals surface area (Å²) in [6.07, 6.45) is 1.06. The molecule has 0 saturated heterocycles. The molecular weight excluding hydrogens is 232 g/mol. The van der Waals surface area contributed by atoms with E-state index in [0.29, 0.717) is 0 Å². The standard InChI is InChI=1S/C6H13NO5.C3H5NO/c8-2-6(3-9,4-10)7-1-5(11)12;1-2-3(4)5/h7-10H,1-4H2,(H,11,12);2H,1H2,(H2,4,5). The van der Waals surface area contributed by atoms with Crippen LogP contribution < -0.4 is 11.1 Å².